The van der Waals surface area contributed by atoms with Crippen LogP contribution in [-0.2, 0) is 19.2 Å². The number of halogens is 2. The third-order valence-electron chi connectivity index (χ3n) is 9.17. The lowest BCUT2D eigenvalue weighted by molar-refractivity contribution is -0.384. The third-order valence-corrected chi connectivity index (χ3v) is 10.6. The van der Waals surface area contributed by atoms with Gasteiger partial charge in [0.25, 0.3) is 17.5 Å². The Bertz CT molecular complexity index is 1640. The number of carbonyl (C=O) groups excluding carboxylic acids is 4. The zero-order valence-electron chi connectivity index (χ0n) is 23.1. The molecule has 14 heteroatoms. The number of amides is 4. The summed E-state index contributed by atoms with van der Waals surface area (Å²) >= 11 is 14.3. The molecule has 1 N–H and O–H groups in total. The summed E-state index contributed by atoms with van der Waals surface area (Å²) in [7, 11) is 3.96. The van der Waals surface area contributed by atoms with Gasteiger partial charge in [0.05, 0.1) is 36.7 Å². The number of phenolic OH excluding ortho intramolecular Hbond substituents is 1. The van der Waals surface area contributed by atoms with Crippen molar-refractivity contribution in [3.63, 3.8) is 0 Å². The number of phenols is 1. The first-order chi connectivity index (χ1) is 20.3. The second-order valence-electron chi connectivity index (χ2n) is 11.1. The summed E-state index contributed by atoms with van der Waals surface area (Å²) in [5.74, 6) is -6.34. The molecule has 2 aliphatic heterocycles. The van der Waals surface area contributed by atoms with Crippen molar-refractivity contribution in [3.8, 4) is 17.2 Å². The first kappa shape index (κ1) is 28.9. The fraction of sp³-hybridized carbons (Fsp3) is 0.379. The number of hydrogen-bond donors (Lipinski definition) is 1. The highest BCUT2D eigenvalue weighted by Gasteiger charge is 2.76. The monoisotopic (exact) mass is 629 g/mol. The molecule has 0 aromatic heterocycles. The minimum absolute atomic E-state index is 0.0211. The van der Waals surface area contributed by atoms with Gasteiger partial charge in [-0.3, -0.25) is 39.1 Å². The number of fused-ring (bicyclic) bond motifs is 4. The van der Waals surface area contributed by atoms with Crippen molar-refractivity contribution in [1.29, 1.82) is 0 Å². The molecule has 6 rings (SSSR count). The third kappa shape index (κ3) is 3.69. The Labute approximate surface area is 254 Å². The summed E-state index contributed by atoms with van der Waals surface area (Å²) in [6, 6.07) is 8.02. The number of aromatic hydroxyl groups is 1. The molecular weight excluding hydrogens is 605 g/mol. The molecule has 2 aliphatic carbocycles. The van der Waals surface area contributed by atoms with E-state index in [-0.39, 0.29) is 41.5 Å². The molecule has 12 nitrogen and oxygen atoms in total. The lowest BCUT2D eigenvalue weighted by Gasteiger charge is -2.50. The van der Waals surface area contributed by atoms with E-state index >= 15 is 0 Å². The molecule has 224 valence electrons. The Hall–Kier alpha value is -4.16. The van der Waals surface area contributed by atoms with E-state index in [9.17, 15) is 34.4 Å². The van der Waals surface area contributed by atoms with Crippen molar-refractivity contribution in [2.75, 3.05) is 26.2 Å². The summed E-state index contributed by atoms with van der Waals surface area (Å²) < 4.78 is 10.7. The molecule has 3 fully saturated rings. The largest absolute Gasteiger partial charge is 0.502 e. The van der Waals surface area contributed by atoms with Crippen LogP contribution in [0.15, 0.2) is 48.0 Å². The van der Waals surface area contributed by atoms with Crippen LogP contribution in [0, 0.1) is 27.9 Å². The average molecular weight is 630 g/mol. The Morgan fingerprint density at radius 1 is 0.977 bits per heavy atom. The number of alkyl halides is 2. The van der Waals surface area contributed by atoms with Gasteiger partial charge in [0, 0.05) is 25.1 Å². The summed E-state index contributed by atoms with van der Waals surface area (Å²) in [5.41, 5.74) is 0.873. The van der Waals surface area contributed by atoms with Crippen LogP contribution in [0.1, 0.15) is 24.3 Å². The number of anilines is 1. The lowest BCUT2D eigenvalue weighted by Crippen LogP contribution is -2.60. The van der Waals surface area contributed by atoms with E-state index in [0.717, 1.165) is 9.80 Å². The van der Waals surface area contributed by atoms with E-state index in [1.54, 1.807) is 6.08 Å². The molecule has 2 aromatic carbocycles. The fourth-order valence-corrected chi connectivity index (χ4v) is 8.20. The van der Waals surface area contributed by atoms with Gasteiger partial charge in [-0.05, 0) is 48.6 Å². The highest BCUT2D eigenvalue weighted by molar-refractivity contribution is 6.53. The van der Waals surface area contributed by atoms with Crippen LogP contribution in [0.4, 0.5) is 11.4 Å². The Kier molecular flexibility index (Phi) is 6.51. The Morgan fingerprint density at radius 3 is 2.14 bits per heavy atom. The van der Waals surface area contributed by atoms with Crippen LogP contribution in [0.25, 0.3) is 0 Å². The maximum atomic E-state index is 14.0. The predicted octanol–water partition coefficient (Wildman–Crippen LogP) is 3.51. The number of hydrogen-bond acceptors (Lipinski definition) is 9. The molecule has 43 heavy (non-hydrogen) atoms. The average Bonchev–Trinajstić information content (AvgIpc) is 3.32. The second kappa shape index (κ2) is 9.68. The minimum Gasteiger partial charge on any atom is -0.502 e. The van der Waals surface area contributed by atoms with Crippen LogP contribution in [0.2, 0.25) is 0 Å². The van der Waals surface area contributed by atoms with Crippen molar-refractivity contribution in [2.24, 2.45) is 17.8 Å². The number of methoxy groups -OCH3 is 2. The first-order valence-electron chi connectivity index (χ1n) is 13.3. The molecule has 0 bridgehead atoms. The number of ether oxygens (including phenoxy) is 2. The molecule has 2 heterocycles. The molecule has 2 saturated heterocycles. The molecule has 2 aromatic rings. The van der Waals surface area contributed by atoms with Gasteiger partial charge in [-0.1, -0.05) is 11.6 Å². The van der Waals surface area contributed by atoms with Crippen LogP contribution in [-0.4, -0.2) is 69.6 Å². The van der Waals surface area contributed by atoms with E-state index in [0.29, 0.717) is 11.1 Å². The van der Waals surface area contributed by atoms with Gasteiger partial charge in [0.15, 0.2) is 21.2 Å². The number of benzene rings is 2. The van der Waals surface area contributed by atoms with Crippen LogP contribution in [0.3, 0.4) is 0 Å². The van der Waals surface area contributed by atoms with E-state index in [1.165, 1.54) is 57.7 Å². The topological polar surface area (TPSA) is 157 Å². The number of nitro groups is 1. The molecule has 6 unspecified atom stereocenters. The van der Waals surface area contributed by atoms with E-state index < -0.39 is 62.0 Å². The molecular formula is C29H25Cl2N3O9. The van der Waals surface area contributed by atoms with Crippen LogP contribution in [0.5, 0.6) is 17.2 Å². The van der Waals surface area contributed by atoms with Gasteiger partial charge in [0.2, 0.25) is 17.6 Å². The first-order valence-corrected chi connectivity index (χ1v) is 14.0. The number of non-ortho nitro benzene ring substituents is 1. The number of likely N-dealkylation sites (tertiary alicyclic amines) is 1. The quantitative estimate of drug-likeness (QED) is 0.172. The normalized spacial score (nSPS) is 31.4. The van der Waals surface area contributed by atoms with Gasteiger partial charge in [-0.15, -0.1) is 23.2 Å². The molecule has 4 aliphatic rings. The van der Waals surface area contributed by atoms with E-state index in [4.69, 9.17) is 32.7 Å². The van der Waals surface area contributed by atoms with Crippen molar-refractivity contribution in [1.82, 2.24) is 4.90 Å². The van der Waals surface area contributed by atoms with Gasteiger partial charge in [-0.25, -0.2) is 0 Å². The van der Waals surface area contributed by atoms with Crippen molar-refractivity contribution < 1.29 is 38.7 Å². The van der Waals surface area contributed by atoms with Gasteiger partial charge in [0.1, 0.15) is 0 Å². The standard InChI is InChI=1S/C29H25Cl2N3O9/c1-32-26(38)28(30)12-18-16(22(29(28,31)27(32)39)13-10-19(42-2)23(35)20(11-13)43-3)8-9-17-21(18)25(37)33(24(17)36)14-4-6-15(7-5-14)34(40)41/h4-8,10-11,17-18,21-22,35H,9,12H2,1-3H3. The van der Waals surface area contributed by atoms with E-state index in [2.05, 4.69) is 0 Å². The Morgan fingerprint density at radius 2 is 1.58 bits per heavy atom. The zero-order valence-corrected chi connectivity index (χ0v) is 24.6. The number of allylic oxidation sites excluding steroid dienone is 2. The molecule has 1 saturated carbocycles. The van der Waals surface area contributed by atoms with Crippen LogP contribution < -0.4 is 14.4 Å². The van der Waals surface area contributed by atoms with Crippen molar-refractivity contribution in [3.05, 3.63) is 63.7 Å². The maximum absolute atomic E-state index is 14.0. The zero-order chi connectivity index (χ0) is 31.2. The molecule has 4 amide bonds. The number of rotatable bonds is 5. The van der Waals surface area contributed by atoms with Gasteiger partial charge < -0.3 is 14.6 Å². The maximum Gasteiger partial charge on any atom is 0.269 e. The number of imide groups is 2. The predicted molar refractivity (Wildman–Crippen MR) is 152 cm³/mol. The summed E-state index contributed by atoms with van der Waals surface area (Å²) in [5, 5.41) is 21.7. The number of nitrogens with zero attached hydrogens (tertiary/aromatic N) is 3. The van der Waals surface area contributed by atoms with Crippen LogP contribution >= 0.6 is 23.2 Å². The summed E-state index contributed by atoms with van der Waals surface area (Å²) in [6.45, 7) is 0. The highest BCUT2D eigenvalue weighted by atomic mass is 35.5. The molecule has 0 radical (unpaired) electrons. The van der Waals surface area contributed by atoms with E-state index in [1.807, 2.05) is 0 Å². The van der Waals surface area contributed by atoms with Crippen molar-refractivity contribution in [2.45, 2.75) is 28.5 Å². The Balaban J connectivity index is 1.51. The number of nitro benzene ring substituents is 1. The summed E-state index contributed by atoms with van der Waals surface area (Å²) in [6.07, 6.45) is 1.70. The fourth-order valence-electron chi connectivity index (χ4n) is 7.18. The molecule has 6 atom stereocenters. The lowest BCUT2D eigenvalue weighted by atomic mass is 9.56. The van der Waals surface area contributed by atoms with Gasteiger partial charge >= 0.3 is 0 Å². The van der Waals surface area contributed by atoms with Gasteiger partial charge in [-0.2, -0.15) is 0 Å². The minimum atomic E-state index is -2.02. The highest BCUT2D eigenvalue weighted by Crippen LogP contribution is 2.66. The summed E-state index contributed by atoms with van der Waals surface area (Å²) in [4.78, 5) is 63.4. The molecule has 0 spiro atoms. The smallest absolute Gasteiger partial charge is 0.269 e. The van der Waals surface area contributed by atoms with Crippen molar-refractivity contribution >= 4 is 58.2 Å². The second-order valence-corrected chi connectivity index (χ2v) is 12.3. The SMILES string of the molecule is COc1cc(C2C3=CCC4C(=O)N(c5ccc([N+](=O)[O-])cc5)C(=O)C4C3CC3(Cl)C(=O)N(C)C(=O)C23Cl)cc(OC)c1O. The number of carbonyl (C=O) groups is 4.